The molecule has 1 atom stereocenters. The third-order valence-electron chi connectivity index (χ3n) is 3.14. The van der Waals surface area contributed by atoms with E-state index in [0.29, 0.717) is 23.7 Å². The molecule has 5 nitrogen and oxygen atoms in total. The van der Waals surface area contributed by atoms with Crippen LogP contribution in [0.5, 0.6) is 5.75 Å². The lowest BCUT2D eigenvalue weighted by Gasteiger charge is -2.16. The number of aliphatic hydroxyl groups excluding tert-OH is 1. The first-order chi connectivity index (χ1) is 10.6. The van der Waals surface area contributed by atoms with E-state index in [-0.39, 0.29) is 13.2 Å². The molecule has 1 aromatic carbocycles. The first kappa shape index (κ1) is 16.1. The summed E-state index contributed by atoms with van der Waals surface area (Å²) in [5.74, 6) is 1.41. The Morgan fingerprint density at radius 1 is 1.27 bits per heavy atom. The van der Waals surface area contributed by atoms with Crippen molar-refractivity contribution >= 4 is 0 Å². The number of ether oxygens (including phenoxy) is 2. The maximum Gasteiger partial charge on any atom is 0.129 e. The van der Waals surface area contributed by atoms with Gasteiger partial charge in [0, 0.05) is 0 Å². The van der Waals surface area contributed by atoms with Crippen molar-refractivity contribution in [3.8, 4) is 11.8 Å². The average Bonchev–Trinajstić information content (AvgIpc) is 2.99. The Labute approximate surface area is 129 Å². The molecule has 1 heterocycles. The van der Waals surface area contributed by atoms with Crippen molar-refractivity contribution in [3.05, 3.63) is 53.0 Å². The molecule has 1 unspecified atom stereocenters. The Morgan fingerprint density at radius 3 is 2.59 bits per heavy atom. The smallest absolute Gasteiger partial charge is 0.129 e. The molecule has 0 aliphatic rings. The molecule has 0 fully saturated rings. The summed E-state index contributed by atoms with van der Waals surface area (Å²) in [7, 11) is 0. The zero-order chi connectivity index (χ0) is 15.9. The van der Waals surface area contributed by atoms with Crippen LogP contribution in [0.1, 0.15) is 22.5 Å². The average molecular weight is 301 g/mol. The number of aryl methyl sites for hydroxylation is 2. The Bertz CT molecular complexity index is 620. The maximum atomic E-state index is 9.89. The topological polar surface area (TPSA) is 75.6 Å². The van der Waals surface area contributed by atoms with Crippen LogP contribution in [0.25, 0.3) is 0 Å². The maximum absolute atomic E-state index is 9.89. The van der Waals surface area contributed by atoms with E-state index in [2.05, 4.69) is 6.07 Å². The molecule has 1 N–H and O–H groups in total. The van der Waals surface area contributed by atoms with Crippen LogP contribution in [-0.2, 0) is 11.3 Å². The minimum atomic E-state index is -0.732. The monoisotopic (exact) mass is 301 g/mol. The predicted molar refractivity (Wildman–Crippen MR) is 80.5 cm³/mol. The summed E-state index contributed by atoms with van der Waals surface area (Å²) < 4.78 is 16.1. The van der Waals surface area contributed by atoms with Crippen LogP contribution in [-0.4, -0.2) is 24.4 Å². The second kappa shape index (κ2) is 7.64. The van der Waals surface area contributed by atoms with Gasteiger partial charge in [0.2, 0.25) is 0 Å². The minimum Gasteiger partial charge on any atom is -0.490 e. The zero-order valence-electron chi connectivity index (χ0n) is 12.7. The fraction of sp³-hybridized carbons (Fsp3) is 0.353. The van der Waals surface area contributed by atoms with Crippen LogP contribution < -0.4 is 4.74 Å². The van der Waals surface area contributed by atoms with Crippen LogP contribution >= 0.6 is 0 Å². The van der Waals surface area contributed by atoms with Crippen LogP contribution in [0.3, 0.4) is 0 Å². The Morgan fingerprint density at radius 2 is 2.00 bits per heavy atom. The number of nitrogens with zero attached hydrogens (tertiary/aromatic N) is 1. The molecule has 0 saturated carbocycles. The summed E-state index contributed by atoms with van der Waals surface area (Å²) in [6.07, 6.45) is 0.846. The van der Waals surface area contributed by atoms with Gasteiger partial charge in [0.25, 0.3) is 0 Å². The van der Waals surface area contributed by atoms with E-state index in [9.17, 15) is 5.11 Å². The fourth-order valence-corrected chi connectivity index (χ4v) is 2.16. The predicted octanol–water partition coefficient (Wildman–Crippen LogP) is 2.72. The highest BCUT2D eigenvalue weighted by Crippen LogP contribution is 2.24. The van der Waals surface area contributed by atoms with Crippen LogP contribution in [0.4, 0.5) is 0 Å². The molecule has 1 aromatic heterocycles. The highest BCUT2D eigenvalue weighted by Gasteiger charge is 2.10. The van der Waals surface area contributed by atoms with Crippen molar-refractivity contribution in [1.29, 1.82) is 5.26 Å². The van der Waals surface area contributed by atoms with Gasteiger partial charge < -0.3 is 19.0 Å². The molecular weight excluding hydrogens is 282 g/mol. The highest BCUT2D eigenvalue weighted by atomic mass is 16.5. The zero-order valence-corrected chi connectivity index (χ0v) is 12.7. The normalized spacial score (nSPS) is 11.9. The van der Waals surface area contributed by atoms with Gasteiger partial charge in [0.05, 0.1) is 24.5 Å². The first-order valence-electron chi connectivity index (χ1n) is 7.02. The molecule has 0 radical (unpaired) electrons. The molecule has 22 heavy (non-hydrogen) atoms. The number of rotatable bonds is 7. The van der Waals surface area contributed by atoms with Gasteiger partial charge in [-0.15, -0.1) is 0 Å². The van der Waals surface area contributed by atoms with Gasteiger partial charge in [-0.25, -0.2) is 0 Å². The quantitative estimate of drug-likeness (QED) is 0.851. The van der Waals surface area contributed by atoms with Crippen molar-refractivity contribution in [1.82, 2.24) is 0 Å². The summed E-state index contributed by atoms with van der Waals surface area (Å²) in [4.78, 5) is 0. The lowest BCUT2D eigenvalue weighted by molar-refractivity contribution is 0.000670. The number of aliphatic hydroxyl groups is 1. The number of hydrogen-bond acceptors (Lipinski definition) is 5. The van der Waals surface area contributed by atoms with E-state index in [0.717, 1.165) is 11.1 Å². The van der Waals surface area contributed by atoms with Gasteiger partial charge in [0.15, 0.2) is 0 Å². The highest BCUT2D eigenvalue weighted by molar-refractivity contribution is 5.47. The summed E-state index contributed by atoms with van der Waals surface area (Å²) in [5, 5.41) is 18.8. The molecule has 2 rings (SSSR count). The van der Waals surface area contributed by atoms with E-state index < -0.39 is 6.10 Å². The molecule has 5 heteroatoms. The van der Waals surface area contributed by atoms with Gasteiger partial charge in [0.1, 0.15) is 30.8 Å². The van der Waals surface area contributed by atoms with Crippen molar-refractivity contribution in [2.45, 2.75) is 26.6 Å². The molecule has 0 spiro atoms. The molecule has 0 saturated heterocycles. The summed E-state index contributed by atoms with van der Waals surface area (Å²) in [6, 6.07) is 9.24. The molecule has 0 aliphatic heterocycles. The van der Waals surface area contributed by atoms with Gasteiger partial charge >= 0.3 is 0 Å². The van der Waals surface area contributed by atoms with Crippen molar-refractivity contribution in [3.63, 3.8) is 0 Å². The van der Waals surface area contributed by atoms with Crippen LogP contribution in [0.15, 0.2) is 34.9 Å². The van der Waals surface area contributed by atoms with Gasteiger partial charge in [-0.05, 0) is 49.2 Å². The van der Waals surface area contributed by atoms with E-state index in [4.69, 9.17) is 19.2 Å². The Balaban J connectivity index is 1.81. The molecule has 0 aliphatic carbocycles. The van der Waals surface area contributed by atoms with Crippen molar-refractivity contribution in [2.24, 2.45) is 0 Å². The van der Waals surface area contributed by atoms with E-state index >= 15 is 0 Å². The van der Waals surface area contributed by atoms with Crippen molar-refractivity contribution < 1.29 is 19.0 Å². The molecule has 116 valence electrons. The van der Waals surface area contributed by atoms with Crippen LogP contribution in [0, 0.1) is 25.2 Å². The second-order valence-corrected chi connectivity index (χ2v) is 5.11. The first-order valence-corrected chi connectivity index (χ1v) is 7.02. The molecule has 2 aromatic rings. The molecule has 0 amide bonds. The number of benzene rings is 1. The third-order valence-corrected chi connectivity index (χ3v) is 3.14. The van der Waals surface area contributed by atoms with Gasteiger partial charge in [-0.3, -0.25) is 0 Å². The largest absolute Gasteiger partial charge is 0.490 e. The summed E-state index contributed by atoms with van der Waals surface area (Å²) in [5.41, 5.74) is 2.35. The molecular formula is C17H19NO4. The second-order valence-electron chi connectivity index (χ2n) is 5.11. The van der Waals surface area contributed by atoms with E-state index in [1.54, 1.807) is 24.5 Å². The summed E-state index contributed by atoms with van der Waals surface area (Å²) in [6.45, 7) is 4.37. The standard InChI is InChI=1S/C17H19NO4/c1-12-6-14(8-18)7-13(2)17(12)22-10-15(19)9-20-11-16-4-3-5-21-16/h3-7,15,19H,9-11H2,1-2H3. The van der Waals surface area contributed by atoms with E-state index in [1.165, 1.54) is 0 Å². The number of hydrogen-bond donors (Lipinski definition) is 1. The lowest BCUT2D eigenvalue weighted by atomic mass is 10.1. The van der Waals surface area contributed by atoms with Crippen LogP contribution in [0.2, 0.25) is 0 Å². The SMILES string of the molecule is Cc1cc(C#N)cc(C)c1OCC(O)COCc1ccco1. The summed E-state index contributed by atoms with van der Waals surface area (Å²) >= 11 is 0. The number of furan rings is 1. The molecule has 0 bridgehead atoms. The fourth-order valence-electron chi connectivity index (χ4n) is 2.16. The number of nitriles is 1. The third kappa shape index (κ3) is 4.35. The Hall–Kier alpha value is -2.29. The van der Waals surface area contributed by atoms with Crippen molar-refractivity contribution in [2.75, 3.05) is 13.2 Å². The van der Waals surface area contributed by atoms with Gasteiger partial charge in [-0.2, -0.15) is 5.26 Å². The minimum absolute atomic E-state index is 0.131. The lowest BCUT2D eigenvalue weighted by Crippen LogP contribution is -2.23. The van der Waals surface area contributed by atoms with E-state index in [1.807, 2.05) is 19.9 Å². The van der Waals surface area contributed by atoms with Gasteiger partial charge in [-0.1, -0.05) is 0 Å². The Kier molecular flexibility index (Phi) is 5.59.